The van der Waals surface area contributed by atoms with Gasteiger partial charge < -0.3 is 15.2 Å². The van der Waals surface area contributed by atoms with Crippen LogP contribution in [0.1, 0.15) is 25.8 Å². The lowest BCUT2D eigenvalue weighted by Crippen LogP contribution is -2.44. The fourth-order valence-electron chi connectivity index (χ4n) is 2.44. The van der Waals surface area contributed by atoms with E-state index in [1.807, 2.05) is 32.0 Å². The predicted molar refractivity (Wildman–Crippen MR) is 75.4 cm³/mol. The van der Waals surface area contributed by atoms with Gasteiger partial charge in [0.05, 0.1) is 0 Å². The maximum Gasteiger partial charge on any atom is 0.405 e. The standard InChI is InChI=1S/C15H23NO3/c1-15(2,16-14(17)18)10-13(11-19-3)9-12-7-5-4-6-8-12/h4-8,13,16H,9-11H2,1-3H3,(H,17,18)/t13-/m1/s1. The average Bonchev–Trinajstić information content (AvgIpc) is 2.28. The molecule has 0 radical (unpaired) electrons. The molecule has 1 aromatic rings. The summed E-state index contributed by atoms with van der Waals surface area (Å²) in [5.74, 6) is 0.286. The summed E-state index contributed by atoms with van der Waals surface area (Å²) in [6, 6.07) is 10.2. The van der Waals surface area contributed by atoms with Crippen molar-refractivity contribution in [3.05, 3.63) is 35.9 Å². The van der Waals surface area contributed by atoms with Crippen molar-refractivity contribution in [2.24, 2.45) is 5.92 Å². The van der Waals surface area contributed by atoms with E-state index in [4.69, 9.17) is 9.84 Å². The zero-order valence-corrected chi connectivity index (χ0v) is 11.8. The van der Waals surface area contributed by atoms with Crippen LogP contribution in [0, 0.1) is 5.92 Å². The normalized spacial score (nSPS) is 13.0. The van der Waals surface area contributed by atoms with Crippen LogP contribution in [-0.2, 0) is 11.2 Å². The maximum absolute atomic E-state index is 10.8. The second kappa shape index (κ2) is 7.14. The number of benzene rings is 1. The summed E-state index contributed by atoms with van der Waals surface area (Å²) in [6.07, 6.45) is 0.641. The summed E-state index contributed by atoms with van der Waals surface area (Å²) in [5.41, 5.74) is 0.791. The number of carboxylic acid groups (broad SMARTS) is 1. The Morgan fingerprint density at radius 3 is 2.53 bits per heavy atom. The molecule has 1 atom stereocenters. The topological polar surface area (TPSA) is 58.6 Å². The summed E-state index contributed by atoms with van der Waals surface area (Å²) >= 11 is 0. The van der Waals surface area contributed by atoms with Crippen molar-refractivity contribution in [3.8, 4) is 0 Å². The number of hydrogen-bond acceptors (Lipinski definition) is 2. The van der Waals surface area contributed by atoms with Gasteiger partial charge in [-0.3, -0.25) is 0 Å². The van der Waals surface area contributed by atoms with Crippen LogP contribution in [0.5, 0.6) is 0 Å². The van der Waals surface area contributed by atoms with Crippen molar-refractivity contribution in [3.63, 3.8) is 0 Å². The van der Waals surface area contributed by atoms with Gasteiger partial charge in [-0.25, -0.2) is 4.79 Å². The molecule has 0 unspecified atom stereocenters. The Bertz CT molecular complexity index is 390. The highest BCUT2D eigenvalue weighted by Crippen LogP contribution is 2.21. The van der Waals surface area contributed by atoms with Crippen LogP contribution in [0.15, 0.2) is 30.3 Å². The van der Waals surface area contributed by atoms with E-state index in [1.165, 1.54) is 5.56 Å². The molecule has 106 valence electrons. The van der Waals surface area contributed by atoms with Crippen molar-refractivity contribution in [1.29, 1.82) is 0 Å². The van der Waals surface area contributed by atoms with Crippen LogP contribution >= 0.6 is 0 Å². The Morgan fingerprint density at radius 2 is 2.00 bits per heavy atom. The average molecular weight is 265 g/mol. The lowest BCUT2D eigenvalue weighted by atomic mass is 9.87. The van der Waals surface area contributed by atoms with E-state index in [-0.39, 0.29) is 5.92 Å². The molecule has 4 nitrogen and oxygen atoms in total. The molecule has 0 spiro atoms. The van der Waals surface area contributed by atoms with Gasteiger partial charge in [0.15, 0.2) is 0 Å². The van der Waals surface area contributed by atoms with Gasteiger partial charge in [0.1, 0.15) is 0 Å². The fraction of sp³-hybridized carbons (Fsp3) is 0.533. The van der Waals surface area contributed by atoms with Gasteiger partial charge in [-0.05, 0) is 38.2 Å². The number of rotatable bonds is 7. The zero-order valence-electron chi connectivity index (χ0n) is 11.8. The molecular weight excluding hydrogens is 242 g/mol. The van der Waals surface area contributed by atoms with Gasteiger partial charge in [-0.15, -0.1) is 0 Å². The highest BCUT2D eigenvalue weighted by atomic mass is 16.5. The fourth-order valence-corrected chi connectivity index (χ4v) is 2.44. The molecule has 0 saturated carbocycles. The van der Waals surface area contributed by atoms with Crippen LogP contribution in [0.25, 0.3) is 0 Å². The summed E-state index contributed by atoms with van der Waals surface area (Å²) in [5, 5.41) is 11.4. The Labute approximate surface area is 114 Å². The predicted octanol–water partition coefficient (Wildman–Crippen LogP) is 2.93. The van der Waals surface area contributed by atoms with Crippen molar-refractivity contribution >= 4 is 6.09 Å². The molecule has 1 amide bonds. The minimum atomic E-state index is -0.985. The molecule has 0 aliphatic rings. The lowest BCUT2D eigenvalue weighted by molar-refractivity contribution is 0.127. The second-order valence-electron chi connectivity index (χ2n) is 5.53. The summed E-state index contributed by atoms with van der Waals surface area (Å²) in [4.78, 5) is 10.8. The Balaban J connectivity index is 2.64. The minimum absolute atomic E-state index is 0.286. The zero-order chi connectivity index (χ0) is 14.3. The molecule has 0 aliphatic heterocycles. The SMILES string of the molecule is COC[C@H](Cc1ccccc1)CC(C)(C)NC(=O)O. The Morgan fingerprint density at radius 1 is 1.37 bits per heavy atom. The third-order valence-corrected chi connectivity index (χ3v) is 3.01. The lowest BCUT2D eigenvalue weighted by Gasteiger charge is -2.29. The number of nitrogens with one attached hydrogen (secondary N) is 1. The van der Waals surface area contributed by atoms with Crippen LogP contribution in [-0.4, -0.2) is 30.5 Å². The van der Waals surface area contributed by atoms with Crippen molar-refractivity contribution in [1.82, 2.24) is 5.32 Å². The minimum Gasteiger partial charge on any atom is -0.465 e. The van der Waals surface area contributed by atoms with Crippen molar-refractivity contribution in [2.75, 3.05) is 13.7 Å². The molecule has 0 bridgehead atoms. The molecule has 1 aromatic carbocycles. The van der Waals surface area contributed by atoms with Gasteiger partial charge >= 0.3 is 6.09 Å². The van der Waals surface area contributed by atoms with Crippen molar-refractivity contribution < 1.29 is 14.6 Å². The smallest absolute Gasteiger partial charge is 0.405 e. The van der Waals surface area contributed by atoms with Crippen LogP contribution in [0.4, 0.5) is 4.79 Å². The Hall–Kier alpha value is -1.55. The van der Waals surface area contributed by atoms with E-state index in [0.717, 1.165) is 12.8 Å². The molecule has 19 heavy (non-hydrogen) atoms. The highest BCUT2D eigenvalue weighted by Gasteiger charge is 2.25. The van der Waals surface area contributed by atoms with E-state index >= 15 is 0 Å². The molecule has 0 saturated heterocycles. The molecule has 1 rings (SSSR count). The number of ether oxygens (including phenoxy) is 1. The van der Waals surface area contributed by atoms with Crippen LogP contribution in [0.2, 0.25) is 0 Å². The van der Waals surface area contributed by atoms with E-state index < -0.39 is 11.6 Å². The first-order valence-electron chi connectivity index (χ1n) is 6.47. The largest absolute Gasteiger partial charge is 0.465 e. The van der Waals surface area contributed by atoms with Gasteiger partial charge in [0.25, 0.3) is 0 Å². The van der Waals surface area contributed by atoms with E-state index in [1.54, 1.807) is 7.11 Å². The number of carbonyl (C=O) groups is 1. The van der Waals surface area contributed by atoms with Crippen LogP contribution < -0.4 is 5.32 Å². The first-order chi connectivity index (χ1) is 8.93. The first-order valence-corrected chi connectivity index (χ1v) is 6.47. The molecule has 0 fully saturated rings. The summed E-state index contributed by atoms with van der Waals surface area (Å²) < 4.78 is 5.25. The molecular formula is C15H23NO3. The van der Waals surface area contributed by atoms with Gasteiger partial charge in [0, 0.05) is 19.3 Å². The third kappa shape index (κ3) is 6.25. The second-order valence-corrected chi connectivity index (χ2v) is 5.53. The summed E-state index contributed by atoms with van der Waals surface area (Å²) in [7, 11) is 1.68. The van der Waals surface area contributed by atoms with E-state index in [0.29, 0.717) is 6.61 Å². The number of hydrogen-bond donors (Lipinski definition) is 2. The molecule has 0 aliphatic carbocycles. The number of methoxy groups -OCH3 is 1. The van der Waals surface area contributed by atoms with E-state index in [9.17, 15) is 4.79 Å². The third-order valence-electron chi connectivity index (χ3n) is 3.01. The number of amides is 1. The molecule has 2 N–H and O–H groups in total. The monoisotopic (exact) mass is 265 g/mol. The van der Waals surface area contributed by atoms with Gasteiger partial charge in [0.2, 0.25) is 0 Å². The van der Waals surface area contributed by atoms with Gasteiger partial charge in [-0.2, -0.15) is 0 Å². The molecule has 4 heteroatoms. The van der Waals surface area contributed by atoms with Crippen LogP contribution in [0.3, 0.4) is 0 Å². The van der Waals surface area contributed by atoms with Crippen molar-refractivity contribution in [2.45, 2.75) is 32.2 Å². The molecule has 0 aromatic heterocycles. The first kappa shape index (κ1) is 15.5. The molecule has 0 heterocycles. The quantitative estimate of drug-likeness (QED) is 0.797. The van der Waals surface area contributed by atoms with Gasteiger partial charge in [-0.1, -0.05) is 30.3 Å². The highest BCUT2D eigenvalue weighted by molar-refractivity contribution is 5.65. The summed E-state index contributed by atoms with van der Waals surface area (Å²) in [6.45, 7) is 4.42. The Kier molecular flexibility index (Phi) is 5.83. The maximum atomic E-state index is 10.8. The van der Waals surface area contributed by atoms with E-state index in [2.05, 4.69) is 17.4 Å².